The quantitative estimate of drug-likeness (QED) is 0.788. The normalized spacial score (nSPS) is 10.8. The van der Waals surface area contributed by atoms with E-state index in [-0.39, 0.29) is 0 Å². The molecular formula is C12H14ClNS2. The minimum atomic E-state index is 0.883. The van der Waals surface area contributed by atoms with Crippen molar-refractivity contribution in [3.63, 3.8) is 0 Å². The zero-order valence-electron chi connectivity index (χ0n) is 8.91. The Labute approximate surface area is 109 Å². The second-order valence-corrected chi connectivity index (χ2v) is 6.37. The molecule has 2 heterocycles. The van der Waals surface area contributed by atoms with E-state index in [1.807, 2.05) is 17.4 Å². The summed E-state index contributed by atoms with van der Waals surface area (Å²) in [7, 11) is 0. The van der Waals surface area contributed by atoms with Crippen LogP contribution in [0.15, 0.2) is 29.6 Å². The van der Waals surface area contributed by atoms with E-state index in [2.05, 4.69) is 28.9 Å². The van der Waals surface area contributed by atoms with Gasteiger partial charge in [-0.2, -0.15) is 0 Å². The van der Waals surface area contributed by atoms with Crippen LogP contribution in [0.5, 0.6) is 0 Å². The molecule has 1 N–H and O–H groups in total. The molecule has 0 bridgehead atoms. The topological polar surface area (TPSA) is 12.0 Å². The summed E-state index contributed by atoms with van der Waals surface area (Å²) >= 11 is 9.36. The molecule has 2 aromatic rings. The van der Waals surface area contributed by atoms with E-state index in [9.17, 15) is 0 Å². The lowest BCUT2D eigenvalue weighted by molar-refractivity contribution is 0.688. The summed E-state index contributed by atoms with van der Waals surface area (Å²) in [6.07, 6.45) is 2.20. The summed E-state index contributed by atoms with van der Waals surface area (Å²) in [5.74, 6) is 0. The zero-order chi connectivity index (χ0) is 11.2. The largest absolute Gasteiger partial charge is 0.316 e. The van der Waals surface area contributed by atoms with Crippen molar-refractivity contribution in [2.24, 2.45) is 0 Å². The summed E-state index contributed by atoms with van der Waals surface area (Å²) in [6.45, 7) is 2.09. The molecule has 0 amide bonds. The Hall–Kier alpha value is -0.350. The predicted molar refractivity (Wildman–Crippen MR) is 73.9 cm³/mol. The van der Waals surface area contributed by atoms with Crippen molar-refractivity contribution in [3.8, 4) is 0 Å². The van der Waals surface area contributed by atoms with E-state index in [4.69, 9.17) is 11.6 Å². The van der Waals surface area contributed by atoms with Gasteiger partial charge in [-0.3, -0.25) is 0 Å². The Morgan fingerprint density at radius 3 is 2.50 bits per heavy atom. The molecule has 4 heteroatoms. The molecule has 2 rings (SSSR count). The van der Waals surface area contributed by atoms with E-state index < -0.39 is 0 Å². The SMILES string of the molecule is Clc1ccc(CCNCCc2cccs2)s1. The van der Waals surface area contributed by atoms with Gasteiger partial charge in [0.05, 0.1) is 4.34 Å². The van der Waals surface area contributed by atoms with Crippen LogP contribution >= 0.6 is 34.3 Å². The Kier molecular flexibility index (Phi) is 4.85. The van der Waals surface area contributed by atoms with Gasteiger partial charge in [0.25, 0.3) is 0 Å². The van der Waals surface area contributed by atoms with Gasteiger partial charge in [-0.05, 0) is 49.5 Å². The van der Waals surface area contributed by atoms with Crippen LogP contribution < -0.4 is 5.32 Å². The molecule has 0 fully saturated rings. The standard InChI is InChI=1S/C12H14ClNS2/c13-12-4-3-11(16-12)6-8-14-7-5-10-2-1-9-15-10/h1-4,9,14H,5-8H2. The third-order valence-corrected chi connectivity index (χ3v) is 4.53. The molecule has 0 saturated carbocycles. The minimum Gasteiger partial charge on any atom is -0.316 e. The molecule has 0 atom stereocenters. The molecule has 86 valence electrons. The maximum absolute atomic E-state index is 5.87. The molecule has 0 radical (unpaired) electrons. The highest BCUT2D eigenvalue weighted by atomic mass is 35.5. The van der Waals surface area contributed by atoms with Crippen molar-refractivity contribution in [1.29, 1.82) is 0 Å². The van der Waals surface area contributed by atoms with Crippen LogP contribution in [0.1, 0.15) is 9.75 Å². The smallest absolute Gasteiger partial charge is 0.0931 e. The first-order valence-electron chi connectivity index (χ1n) is 5.32. The number of halogens is 1. The van der Waals surface area contributed by atoms with E-state index in [0.29, 0.717) is 0 Å². The fraction of sp³-hybridized carbons (Fsp3) is 0.333. The average Bonchev–Trinajstić information content (AvgIpc) is 2.89. The van der Waals surface area contributed by atoms with Gasteiger partial charge in [0.2, 0.25) is 0 Å². The molecule has 0 aliphatic rings. The van der Waals surface area contributed by atoms with Crippen molar-refractivity contribution in [3.05, 3.63) is 43.7 Å². The van der Waals surface area contributed by atoms with Gasteiger partial charge in [-0.15, -0.1) is 22.7 Å². The van der Waals surface area contributed by atoms with Crippen LogP contribution in [0.3, 0.4) is 0 Å². The monoisotopic (exact) mass is 271 g/mol. The van der Waals surface area contributed by atoms with Gasteiger partial charge in [0.15, 0.2) is 0 Å². The molecule has 0 aromatic carbocycles. The maximum atomic E-state index is 5.87. The Morgan fingerprint density at radius 1 is 1.06 bits per heavy atom. The van der Waals surface area contributed by atoms with E-state index in [0.717, 1.165) is 30.3 Å². The Balaban J connectivity index is 1.59. The molecule has 0 unspecified atom stereocenters. The number of thiophene rings is 2. The van der Waals surface area contributed by atoms with Gasteiger partial charge in [-0.1, -0.05) is 17.7 Å². The Morgan fingerprint density at radius 2 is 1.88 bits per heavy atom. The highest BCUT2D eigenvalue weighted by molar-refractivity contribution is 7.16. The fourth-order valence-electron chi connectivity index (χ4n) is 1.49. The lowest BCUT2D eigenvalue weighted by Crippen LogP contribution is -2.19. The van der Waals surface area contributed by atoms with Crippen LogP contribution in [-0.4, -0.2) is 13.1 Å². The third kappa shape index (κ3) is 3.91. The molecule has 1 nitrogen and oxygen atoms in total. The van der Waals surface area contributed by atoms with Crippen molar-refractivity contribution >= 4 is 34.3 Å². The van der Waals surface area contributed by atoms with Crippen LogP contribution in [0.2, 0.25) is 4.34 Å². The van der Waals surface area contributed by atoms with Crippen LogP contribution in [-0.2, 0) is 12.8 Å². The highest BCUT2D eigenvalue weighted by Gasteiger charge is 1.97. The Bertz CT molecular complexity index is 408. The van der Waals surface area contributed by atoms with Gasteiger partial charge in [0.1, 0.15) is 0 Å². The van der Waals surface area contributed by atoms with Crippen molar-refractivity contribution in [2.45, 2.75) is 12.8 Å². The molecule has 0 spiro atoms. The van der Waals surface area contributed by atoms with Crippen molar-refractivity contribution < 1.29 is 0 Å². The minimum absolute atomic E-state index is 0.883. The number of nitrogens with one attached hydrogen (secondary N) is 1. The van der Waals surface area contributed by atoms with Crippen molar-refractivity contribution in [1.82, 2.24) is 5.32 Å². The van der Waals surface area contributed by atoms with Crippen LogP contribution in [0.4, 0.5) is 0 Å². The van der Waals surface area contributed by atoms with E-state index in [1.165, 1.54) is 9.75 Å². The fourth-order valence-corrected chi connectivity index (χ4v) is 3.29. The first-order chi connectivity index (χ1) is 7.84. The van der Waals surface area contributed by atoms with E-state index in [1.54, 1.807) is 11.3 Å². The van der Waals surface area contributed by atoms with Crippen LogP contribution in [0.25, 0.3) is 0 Å². The summed E-state index contributed by atoms with van der Waals surface area (Å²) in [5.41, 5.74) is 0. The zero-order valence-corrected chi connectivity index (χ0v) is 11.3. The lowest BCUT2D eigenvalue weighted by Gasteiger charge is -2.01. The average molecular weight is 272 g/mol. The summed E-state index contributed by atoms with van der Waals surface area (Å²) in [6, 6.07) is 8.36. The molecule has 0 saturated heterocycles. The van der Waals surface area contributed by atoms with Gasteiger partial charge in [-0.25, -0.2) is 0 Å². The second-order valence-electron chi connectivity index (χ2n) is 3.54. The summed E-state index contributed by atoms with van der Waals surface area (Å²) in [5, 5.41) is 5.58. The first kappa shape index (κ1) is 12.1. The molecule has 16 heavy (non-hydrogen) atoms. The first-order valence-corrected chi connectivity index (χ1v) is 7.39. The maximum Gasteiger partial charge on any atom is 0.0931 e. The molecule has 0 aliphatic carbocycles. The number of hydrogen-bond donors (Lipinski definition) is 1. The summed E-state index contributed by atoms with van der Waals surface area (Å²) < 4.78 is 0.883. The number of rotatable bonds is 6. The summed E-state index contributed by atoms with van der Waals surface area (Å²) in [4.78, 5) is 2.81. The van der Waals surface area contributed by atoms with Crippen molar-refractivity contribution in [2.75, 3.05) is 13.1 Å². The van der Waals surface area contributed by atoms with Gasteiger partial charge < -0.3 is 5.32 Å². The predicted octanol–water partition coefficient (Wildman–Crippen LogP) is 3.84. The van der Waals surface area contributed by atoms with E-state index >= 15 is 0 Å². The molecule has 0 aliphatic heterocycles. The second kappa shape index (κ2) is 6.40. The van der Waals surface area contributed by atoms with Gasteiger partial charge in [0, 0.05) is 9.75 Å². The number of hydrogen-bond acceptors (Lipinski definition) is 3. The molecule has 2 aromatic heterocycles. The third-order valence-electron chi connectivity index (χ3n) is 2.31. The van der Waals surface area contributed by atoms with Crippen LogP contribution in [0, 0.1) is 0 Å². The lowest BCUT2D eigenvalue weighted by atomic mass is 10.3. The molecular weight excluding hydrogens is 258 g/mol. The highest BCUT2D eigenvalue weighted by Crippen LogP contribution is 2.21. The van der Waals surface area contributed by atoms with Gasteiger partial charge >= 0.3 is 0 Å².